The van der Waals surface area contributed by atoms with Crippen molar-refractivity contribution in [3.05, 3.63) is 112 Å². The summed E-state index contributed by atoms with van der Waals surface area (Å²) in [5.74, 6) is -1.23. The van der Waals surface area contributed by atoms with Gasteiger partial charge in [-0.1, -0.05) is 36.4 Å². The Balaban J connectivity index is 1.51. The largest absolute Gasteiger partial charge is 0.326 e. The molecule has 4 aromatic rings. The van der Waals surface area contributed by atoms with E-state index in [1.807, 2.05) is 30.3 Å². The van der Waals surface area contributed by atoms with Crippen LogP contribution in [0.3, 0.4) is 0 Å². The van der Waals surface area contributed by atoms with Crippen LogP contribution in [0.25, 0.3) is 5.69 Å². The maximum Gasteiger partial charge on any atom is 0.295 e. The molecule has 0 aliphatic carbocycles. The van der Waals surface area contributed by atoms with E-state index in [4.69, 9.17) is 0 Å². The fourth-order valence-electron chi connectivity index (χ4n) is 3.67. The minimum absolute atomic E-state index is 0.00355. The minimum Gasteiger partial charge on any atom is -0.326 e. The summed E-state index contributed by atoms with van der Waals surface area (Å²) in [6.45, 7) is 1.75. The maximum absolute atomic E-state index is 13.3. The lowest BCUT2D eigenvalue weighted by molar-refractivity contribution is -0.115. The van der Waals surface area contributed by atoms with Crippen LogP contribution in [0.4, 0.5) is 15.8 Å². The number of hydrogen-bond donors (Lipinski definition) is 2. The molecule has 8 heteroatoms. The Labute approximate surface area is 195 Å². The highest BCUT2D eigenvalue weighted by Gasteiger charge is 2.19. The van der Waals surface area contributed by atoms with Crippen LogP contribution in [0.5, 0.6) is 0 Å². The maximum atomic E-state index is 13.3. The number of rotatable bonds is 6. The number of anilines is 2. The average molecular weight is 458 g/mol. The molecule has 0 radical (unpaired) electrons. The molecule has 2 N–H and O–H groups in total. The van der Waals surface area contributed by atoms with Gasteiger partial charge in [0.25, 0.3) is 11.5 Å². The Morgan fingerprint density at radius 3 is 2.38 bits per heavy atom. The lowest BCUT2D eigenvalue weighted by Crippen LogP contribution is -2.23. The first-order valence-corrected chi connectivity index (χ1v) is 10.6. The number of nitrogens with zero attached hydrogens (tertiary/aromatic N) is 2. The highest BCUT2D eigenvalue weighted by molar-refractivity contribution is 6.05. The third-order valence-electron chi connectivity index (χ3n) is 5.45. The molecule has 0 saturated carbocycles. The molecule has 0 unspecified atom stereocenters. The van der Waals surface area contributed by atoms with Crippen LogP contribution in [0.15, 0.2) is 83.7 Å². The third-order valence-corrected chi connectivity index (χ3v) is 5.45. The molecule has 0 atom stereocenters. The number of para-hydroxylation sites is 1. The minimum atomic E-state index is -0.479. The molecule has 7 nitrogen and oxygen atoms in total. The smallest absolute Gasteiger partial charge is 0.295 e. The molecule has 0 aliphatic heterocycles. The number of amides is 2. The number of benzene rings is 3. The number of aromatic nitrogens is 2. The van der Waals surface area contributed by atoms with Crippen molar-refractivity contribution >= 4 is 23.2 Å². The van der Waals surface area contributed by atoms with Gasteiger partial charge in [-0.25, -0.2) is 9.07 Å². The zero-order chi connectivity index (χ0) is 24.2. The van der Waals surface area contributed by atoms with Gasteiger partial charge in [-0.3, -0.25) is 19.1 Å². The Morgan fingerprint density at radius 2 is 1.65 bits per heavy atom. The van der Waals surface area contributed by atoms with Crippen molar-refractivity contribution in [1.29, 1.82) is 0 Å². The average Bonchev–Trinajstić information content (AvgIpc) is 3.02. The highest BCUT2D eigenvalue weighted by atomic mass is 19.1. The number of carbonyl (C=O) groups is 2. The molecule has 34 heavy (non-hydrogen) atoms. The van der Waals surface area contributed by atoms with Gasteiger partial charge >= 0.3 is 0 Å². The predicted octanol–water partition coefficient (Wildman–Crippen LogP) is 4.06. The van der Waals surface area contributed by atoms with Crippen LogP contribution < -0.4 is 16.2 Å². The molecule has 2 amide bonds. The third kappa shape index (κ3) is 4.80. The van der Waals surface area contributed by atoms with Gasteiger partial charge in [0, 0.05) is 18.3 Å². The molecular formula is C26H23FN4O3. The number of hydrogen-bond acceptors (Lipinski definition) is 3. The van der Waals surface area contributed by atoms with E-state index in [0.717, 1.165) is 0 Å². The molecule has 0 fully saturated rings. The first-order chi connectivity index (χ1) is 16.3. The molecule has 1 heterocycles. The second-order valence-electron chi connectivity index (χ2n) is 7.83. The van der Waals surface area contributed by atoms with Gasteiger partial charge in [-0.05, 0) is 55.0 Å². The van der Waals surface area contributed by atoms with Crippen LogP contribution in [-0.2, 0) is 18.3 Å². The van der Waals surface area contributed by atoms with Gasteiger partial charge in [-0.15, -0.1) is 0 Å². The summed E-state index contributed by atoms with van der Waals surface area (Å²) in [5, 5.41) is 5.42. The van der Waals surface area contributed by atoms with E-state index >= 15 is 0 Å². The molecule has 0 spiro atoms. The summed E-state index contributed by atoms with van der Waals surface area (Å²) in [6.07, 6.45) is -0.00355. The Kier molecular flexibility index (Phi) is 6.40. The number of nitrogens with one attached hydrogen (secondary N) is 2. The Morgan fingerprint density at radius 1 is 0.912 bits per heavy atom. The molecule has 0 aliphatic rings. The van der Waals surface area contributed by atoms with E-state index in [9.17, 15) is 18.8 Å². The van der Waals surface area contributed by atoms with E-state index < -0.39 is 11.7 Å². The highest BCUT2D eigenvalue weighted by Crippen LogP contribution is 2.17. The summed E-state index contributed by atoms with van der Waals surface area (Å²) in [5.41, 5.74) is 2.35. The fraction of sp³-hybridized carbons (Fsp3) is 0.115. The molecule has 4 rings (SSSR count). The molecule has 0 saturated heterocycles. The molecular weight excluding hydrogens is 435 g/mol. The van der Waals surface area contributed by atoms with Crippen molar-refractivity contribution in [1.82, 2.24) is 9.36 Å². The summed E-state index contributed by atoms with van der Waals surface area (Å²) in [4.78, 5) is 38.3. The summed E-state index contributed by atoms with van der Waals surface area (Å²) < 4.78 is 16.5. The first kappa shape index (κ1) is 22.7. The topological polar surface area (TPSA) is 85.1 Å². The van der Waals surface area contributed by atoms with Crippen LogP contribution in [-0.4, -0.2) is 21.2 Å². The van der Waals surface area contributed by atoms with Crippen LogP contribution in [0.2, 0.25) is 0 Å². The van der Waals surface area contributed by atoms with Crippen molar-refractivity contribution in [2.24, 2.45) is 7.05 Å². The van der Waals surface area contributed by atoms with Crippen molar-refractivity contribution < 1.29 is 14.0 Å². The summed E-state index contributed by atoms with van der Waals surface area (Å²) >= 11 is 0. The zero-order valence-corrected chi connectivity index (χ0v) is 18.7. The Bertz CT molecular complexity index is 1420. The van der Waals surface area contributed by atoms with E-state index in [0.29, 0.717) is 22.6 Å². The molecule has 1 aromatic heterocycles. The summed E-state index contributed by atoms with van der Waals surface area (Å²) in [7, 11) is 1.74. The molecule has 172 valence electrons. The van der Waals surface area contributed by atoms with E-state index in [1.54, 1.807) is 49.0 Å². The number of halogens is 1. The summed E-state index contributed by atoms with van der Waals surface area (Å²) in [6, 6.07) is 21.3. The second kappa shape index (κ2) is 9.58. The quantitative estimate of drug-likeness (QED) is 0.457. The lowest BCUT2D eigenvalue weighted by Gasteiger charge is -2.08. The van der Waals surface area contributed by atoms with Crippen molar-refractivity contribution in [2.75, 3.05) is 10.6 Å². The normalized spacial score (nSPS) is 10.7. The fourth-order valence-corrected chi connectivity index (χ4v) is 3.67. The van der Waals surface area contributed by atoms with Crippen LogP contribution in [0.1, 0.15) is 21.6 Å². The van der Waals surface area contributed by atoms with Gasteiger partial charge in [0.2, 0.25) is 5.91 Å². The van der Waals surface area contributed by atoms with Crippen molar-refractivity contribution in [3.8, 4) is 5.69 Å². The Hall–Kier alpha value is -4.46. The van der Waals surface area contributed by atoms with Crippen LogP contribution in [0, 0.1) is 12.7 Å². The van der Waals surface area contributed by atoms with E-state index in [-0.39, 0.29) is 29.1 Å². The predicted molar refractivity (Wildman–Crippen MR) is 129 cm³/mol. The van der Waals surface area contributed by atoms with E-state index in [1.165, 1.54) is 22.9 Å². The number of carbonyl (C=O) groups excluding carboxylic acids is 2. The SMILES string of the molecule is Cc1c(NC(=O)c2cccc(NC(=O)Cc3cccc(F)c3)c2)c(=O)n(-c2ccccc2)n1C. The van der Waals surface area contributed by atoms with Gasteiger partial charge in [-0.2, -0.15) is 0 Å². The molecule has 3 aromatic carbocycles. The van der Waals surface area contributed by atoms with Crippen LogP contribution >= 0.6 is 0 Å². The van der Waals surface area contributed by atoms with Crippen molar-refractivity contribution in [2.45, 2.75) is 13.3 Å². The van der Waals surface area contributed by atoms with E-state index in [2.05, 4.69) is 10.6 Å². The molecule has 0 bridgehead atoms. The van der Waals surface area contributed by atoms with Gasteiger partial charge < -0.3 is 10.6 Å². The van der Waals surface area contributed by atoms with Gasteiger partial charge in [0.05, 0.1) is 17.8 Å². The standard InChI is InChI=1S/C26H23FN4O3/c1-17-24(26(34)31(30(17)2)22-12-4-3-5-13-22)29-25(33)19-9-7-11-21(16-19)28-23(32)15-18-8-6-10-20(27)14-18/h3-14,16H,15H2,1-2H3,(H,28,32)(H,29,33). The first-order valence-electron chi connectivity index (χ1n) is 10.6. The second-order valence-corrected chi connectivity index (χ2v) is 7.83. The van der Waals surface area contributed by atoms with Gasteiger partial charge in [0.1, 0.15) is 11.5 Å². The zero-order valence-electron chi connectivity index (χ0n) is 18.7. The van der Waals surface area contributed by atoms with Gasteiger partial charge in [0.15, 0.2) is 0 Å². The lowest BCUT2D eigenvalue weighted by atomic mass is 10.1. The monoisotopic (exact) mass is 458 g/mol. The van der Waals surface area contributed by atoms with Crippen molar-refractivity contribution in [3.63, 3.8) is 0 Å².